The molecule has 1 aromatic carbocycles. The lowest BCUT2D eigenvalue weighted by molar-refractivity contribution is -0.309. The molecule has 0 saturated heterocycles. The number of oxime groups is 1. The lowest BCUT2D eigenvalue weighted by Gasteiger charge is -1.98. The molecule has 0 bridgehead atoms. The fourth-order valence-electron chi connectivity index (χ4n) is 0.915. The number of nitrogens with zero attached hydrogens (tertiary/aromatic N) is 2. The number of carbonyl (C=O) groups excluding carboxylic acids is 2. The van der Waals surface area contributed by atoms with E-state index in [1.807, 2.05) is 0 Å². The number of benzene rings is 1. The lowest BCUT2D eigenvalue weighted by atomic mass is 10.2. The number of aliphatic carboxylic acids is 1. The van der Waals surface area contributed by atoms with Crippen LogP contribution >= 0.6 is 0 Å². The minimum atomic E-state index is -1.35. The second-order valence-electron chi connectivity index (χ2n) is 2.68. The van der Waals surface area contributed by atoms with Crippen LogP contribution in [0.2, 0.25) is 0 Å². The summed E-state index contributed by atoms with van der Waals surface area (Å²) in [7, 11) is 0. The topological polar surface area (TPSA) is 91.2 Å². The van der Waals surface area contributed by atoms with Crippen LogP contribution in [0.3, 0.4) is 0 Å². The van der Waals surface area contributed by atoms with Gasteiger partial charge in [-0.15, -0.1) is 0 Å². The van der Waals surface area contributed by atoms with E-state index in [4.69, 9.17) is 0 Å². The van der Waals surface area contributed by atoms with Crippen LogP contribution in [0.15, 0.2) is 34.4 Å². The summed E-state index contributed by atoms with van der Waals surface area (Å²) in [6.45, 7) is -0.608. The van der Waals surface area contributed by atoms with Gasteiger partial charge in [-0.25, -0.2) is 4.79 Å². The first-order valence-corrected chi connectivity index (χ1v) is 4.25. The summed E-state index contributed by atoms with van der Waals surface area (Å²) in [6, 6.07) is 6.53. The summed E-state index contributed by atoms with van der Waals surface area (Å²) in [4.78, 5) is 27.8. The van der Waals surface area contributed by atoms with Gasteiger partial charge < -0.3 is 14.7 Å². The van der Waals surface area contributed by atoms with Crippen molar-refractivity contribution in [1.29, 1.82) is 0 Å². The molecular formula is C10H7N2O4-. The quantitative estimate of drug-likeness (QED) is 0.388. The van der Waals surface area contributed by atoms with E-state index in [0.717, 1.165) is 0 Å². The van der Waals surface area contributed by atoms with Crippen molar-refractivity contribution in [3.8, 4) is 0 Å². The maximum absolute atomic E-state index is 10.00. The van der Waals surface area contributed by atoms with E-state index >= 15 is 0 Å². The molecule has 0 aliphatic carbocycles. The van der Waals surface area contributed by atoms with Crippen molar-refractivity contribution < 1.29 is 19.5 Å². The molecule has 0 aromatic heterocycles. The zero-order valence-corrected chi connectivity index (χ0v) is 8.12. The van der Waals surface area contributed by atoms with E-state index in [2.05, 4.69) is 15.0 Å². The number of carbonyl (C=O) groups is 1. The first kappa shape index (κ1) is 11.6. The normalized spacial score (nSPS) is 9.75. The van der Waals surface area contributed by atoms with E-state index in [0.29, 0.717) is 11.3 Å². The zero-order chi connectivity index (χ0) is 11.8. The molecule has 0 aliphatic heterocycles. The van der Waals surface area contributed by atoms with Crippen molar-refractivity contribution >= 4 is 24.0 Å². The van der Waals surface area contributed by atoms with Gasteiger partial charge >= 0.3 is 0 Å². The highest BCUT2D eigenvalue weighted by Crippen LogP contribution is 2.11. The van der Waals surface area contributed by atoms with Crippen molar-refractivity contribution in [3.05, 3.63) is 29.8 Å². The predicted molar refractivity (Wildman–Crippen MR) is 52.8 cm³/mol. The Balaban J connectivity index is 2.62. The first-order chi connectivity index (χ1) is 7.72. The van der Waals surface area contributed by atoms with Crippen molar-refractivity contribution in [1.82, 2.24) is 0 Å². The van der Waals surface area contributed by atoms with Crippen LogP contribution in [0, 0.1) is 0 Å². The van der Waals surface area contributed by atoms with Gasteiger partial charge in [-0.2, -0.15) is 4.99 Å². The molecule has 0 unspecified atom stereocenters. The van der Waals surface area contributed by atoms with E-state index in [9.17, 15) is 14.7 Å². The van der Waals surface area contributed by atoms with Gasteiger partial charge in [-0.1, -0.05) is 17.3 Å². The summed E-state index contributed by atoms with van der Waals surface area (Å²) in [6.07, 6.45) is 2.71. The van der Waals surface area contributed by atoms with Crippen LogP contribution in [-0.2, 0) is 14.4 Å². The molecule has 16 heavy (non-hydrogen) atoms. The number of rotatable bonds is 5. The van der Waals surface area contributed by atoms with Gasteiger partial charge in [-0.3, -0.25) is 0 Å². The molecule has 0 radical (unpaired) electrons. The Bertz CT molecular complexity index is 450. The molecule has 1 rings (SSSR count). The largest absolute Gasteiger partial charge is 0.546 e. The van der Waals surface area contributed by atoms with Crippen LogP contribution in [0.5, 0.6) is 0 Å². The Morgan fingerprint density at radius 3 is 3.06 bits per heavy atom. The first-order valence-electron chi connectivity index (χ1n) is 4.25. The fraction of sp³-hybridized carbons (Fsp3) is 0.100. The molecule has 0 aliphatic rings. The Morgan fingerprint density at radius 1 is 1.56 bits per heavy atom. The number of hydrogen-bond acceptors (Lipinski definition) is 6. The third-order valence-electron chi connectivity index (χ3n) is 1.50. The Morgan fingerprint density at radius 2 is 2.38 bits per heavy atom. The van der Waals surface area contributed by atoms with Crippen LogP contribution in [0.25, 0.3) is 0 Å². The van der Waals surface area contributed by atoms with Gasteiger partial charge in [-0.05, 0) is 17.7 Å². The number of hydrogen-bond donors (Lipinski definition) is 0. The molecule has 6 nitrogen and oxygen atoms in total. The third kappa shape index (κ3) is 4.17. The van der Waals surface area contributed by atoms with Crippen LogP contribution < -0.4 is 5.11 Å². The number of carboxylic acids is 1. The smallest absolute Gasteiger partial charge is 0.240 e. The molecule has 0 N–H and O–H groups in total. The van der Waals surface area contributed by atoms with E-state index in [1.165, 1.54) is 12.3 Å². The molecule has 0 saturated carbocycles. The Kier molecular flexibility index (Phi) is 4.43. The average molecular weight is 219 g/mol. The zero-order valence-electron chi connectivity index (χ0n) is 8.12. The number of aliphatic imine (C=N–C) groups is 1. The highest BCUT2D eigenvalue weighted by molar-refractivity contribution is 5.80. The fourth-order valence-corrected chi connectivity index (χ4v) is 0.915. The standard InChI is InChI=1S/C10H8N2O4/c13-7-11-9-3-1-2-8(4-9)5-12-16-6-10(14)15/h1-5H,6H2,(H,14,15)/p-1/b12-5+. The molecule has 0 spiro atoms. The van der Waals surface area contributed by atoms with E-state index in [1.54, 1.807) is 24.3 Å². The number of carboxylic acid groups (broad SMARTS) is 1. The Hall–Kier alpha value is -2.46. The summed E-state index contributed by atoms with van der Waals surface area (Å²) < 4.78 is 0. The molecular weight excluding hydrogens is 212 g/mol. The van der Waals surface area contributed by atoms with Crippen LogP contribution in [0.1, 0.15) is 5.56 Å². The molecule has 0 fully saturated rings. The molecule has 1 aromatic rings. The molecule has 0 amide bonds. The lowest BCUT2D eigenvalue weighted by Crippen LogP contribution is -2.26. The minimum absolute atomic E-state index is 0.429. The van der Waals surface area contributed by atoms with E-state index in [-0.39, 0.29) is 0 Å². The predicted octanol–water partition coefficient (Wildman–Crippen LogP) is -0.246. The van der Waals surface area contributed by atoms with Crippen molar-refractivity contribution in [2.45, 2.75) is 0 Å². The third-order valence-corrected chi connectivity index (χ3v) is 1.50. The second kappa shape index (κ2) is 6.10. The Labute approximate surface area is 90.9 Å². The minimum Gasteiger partial charge on any atom is -0.546 e. The van der Waals surface area contributed by atoms with Gasteiger partial charge in [0.05, 0.1) is 17.9 Å². The summed E-state index contributed by atoms with van der Waals surface area (Å²) in [5.41, 5.74) is 1.05. The maximum Gasteiger partial charge on any atom is 0.240 e. The molecule has 0 heterocycles. The summed E-state index contributed by atoms with van der Waals surface area (Å²) in [5, 5.41) is 13.4. The second-order valence-corrected chi connectivity index (χ2v) is 2.68. The summed E-state index contributed by atoms with van der Waals surface area (Å²) >= 11 is 0. The summed E-state index contributed by atoms with van der Waals surface area (Å²) in [5.74, 6) is -1.35. The van der Waals surface area contributed by atoms with Gasteiger partial charge in [0.2, 0.25) is 6.08 Å². The highest BCUT2D eigenvalue weighted by atomic mass is 16.6. The van der Waals surface area contributed by atoms with Crippen molar-refractivity contribution in [2.75, 3.05) is 6.61 Å². The highest BCUT2D eigenvalue weighted by Gasteiger charge is 1.91. The van der Waals surface area contributed by atoms with Gasteiger partial charge in [0.15, 0.2) is 6.61 Å². The van der Waals surface area contributed by atoms with Gasteiger partial charge in [0.1, 0.15) is 0 Å². The van der Waals surface area contributed by atoms with Gasteiger partial charge in [0, 0.05) is 0 Å². The molecule has 82 valence electrons. The van der Waals surface area contributed by atoms with Crippen LogP contribution in [-0.4, -0.2) is 24.9 Å². The molecule has 0 atom stereocenters. The van der Waals surface area contributed by atoms with Crippen molar-refractivity contribution in [3.63, 3.8) is 0 Å². The van der Waals surface area contributed by atoms with Gasteiger partial charge in [0.25, 0.3) is 0 Å². The number of isocyanates is 1. The maximum atomic E-state index is 10.00. The van der Waals surface area contributed by atoms with E-state index < -0.39 is 12.6 Å². The monoisotopic (exact) mass is 219 g/mol. The average Bonchev–Trinajstić information content (AvgIpc) is 2.25. The van der Waals surface area contributed by atoms with Crippen LogP contribution in [0.4, 0.5) is 5.69 Å². The SMILES string of the molecule is O=C=Nc1cccc(/C=N/OCC(=O)[O-])c1. The molecule has 6 heteroatoms. The van der Waals surface area contributed by atoms with Crippen molar-refractivity contribution in [2.24, 2.45) is 10.1 Å².